The molecular formula is C15H23N3S. The van der Waals surface area contributed by atoms with Gasteiger partial charge in [0.05, 0.1) is 11.0 Å². The highest BCUT2D eigenvalue weighted by molar-refractivity contribution is 7.99. The molecule has 0 bridgehead atoms. The van der Waals surface area contributed by atoms with E-state index in [2.05, 4.69) is 61.2 Å². The predicted octanol–water partition coefficient (Wildman–Crippen LogP) is 3.60. The van der Waals surface area contributed by atoms with Gasteiger partial charge in [0, 0.05) is 11.8 Å². The van der Waals surface area contributed by atoms with Crippen molar-refractivity contribution < 1.29 is 0 Å². The molecule has 0 radical (unpaired) electrons. The Morgan fingerprint density at radius 2 is 2.16 bits per heavy atom. The van der Waals surface area contributed by atoms with E-state index in [0.29, 0.717) is 12.0 Å². The first-order valence-corrected chi connectivity index (χ1v) is 7.91. The molecule has 0 amide bonds. The van der Waals surface area contributed by atoms with Crippen LogP contribution in [0, 0.1) is 12.8 Å². The molecule has 2 rings (SSSR count). The van der Waals surface area contributed by atoms with Gasteiger partial charge in [-0.25, -0.2) is 4.98 Å². The number of H-pyrrole nitrogens is 1. The zero-order chi connectivity index (χ0) is 13.8. The van der Waals surface area contributed by atoms with Crippen LogP contribution < -0.4 is 5.32 Å². The zero-order valence-electron chi connectivity index (χ0n) is 12.2. The molecule has 2 N–H and O–H groups in total. The molecule has 0 aliphatic heterocycles. The number of benzene rings is 1. The van der Waals surface area contributed by atoms with E-state index in [1.807, 2.05) is 0 Å². The van der Waals surface area contributed by atoms with Crippen LogP contribution in [0.15, 0.2) is 23.4 Å². The standard InChI is InChI=1S/C15H23N3S/c1-5-16-14(10(2)3)9-19-15-17-12-7-6-11(4)8-13(12)18-15/h6-8,10,14,16H,5,9H2,1-4H3,(H,17,18). The number of aromatic nitrogens is 2. The second kappa shape index (κ2) is 6.44. The third-order valence-corrected chi connectivity index (χ3v) is 4.28. The smallest absolute Gasteiger partial charge is 0.166 e. The van der Waals surface area contributed by atoms with Crippen LogP contribution in [0.5, 0.6) is 0 Å². The molecule has 0 fully saturated rings. The molecule has 0 aliphatic carbocycles. The van der Waals surface area contributed by atoms with Gasteiger partial charge in [-0.05, 0) is 37.1 Å². The number of nitrogens with one attached hydrogen (secondary N) is 2. The van der Waals surface area contributed by atoms with Crippen LogP contribution in [0.4, 0.5) is 0 Å². The van der Waals surface area contributed by atoms with Gasteiger partial charge in [0.15, 0.2) is 5.16 Å². The van der Waals surface area contributed by atoms with Crippen LogP contribution in [0.1, 0.15) is 26.3 Å². The molecule has 1 atom stereocenters. The molecular weight excluding hydrogens is 254 g/mol. The summed E-state index contributed by atoms with van der Waals surface area (Å²) in [5.41, 5.74) is 3.45. The van der Waals surface area contributed by atoms with Gasteiger partial charge in [-0.2, -0.15) is 0 Å². The van der Waals surface area contributed by atoms with E-state index in [9.17, 15) is 0 Å². The molecule has 1 unspecified atom stereocenters. The van der Waals surface area contributed by atoms with Gasteiger partial charge in [-0.15, -0.1) is 0 Å². The van der Waals surface area contributed by atoms with E-state index in [4.69, 9.17) is 0 Å². The summed E-state index contributed by atoms with van der Waals surface area (Å²) in [4.78, 5) is 8.02. The Morgan fingerprint density at radius 3 is 2.84 bits per heavy atom. The highest BCUT2D eigenvalue weighted by Gasteiger charge is 2.13. The fourth-order valence-electron chi connectivity index (χ4n) is 2.09. The third-order valence-electron chi connectivity index (χ3n) is 3.29. The van der Waals surface area contributed by atoms with Gasteiger partial charge in [0.25, 0.3) is 0 Å². The van der Waals surface area contributed by atoms with Crippen molar-refractivity contribution in [3.05, 3.63) is 23.8 Å². The van der Waals surface area contributed by atoms with Crippen molar-refractivity contribution in [2.24, 2.45) is 5.92 Å². The van der Waals surface area contributed by atoms with Crippen molar-refractivity contribution in [1.82, 2.24) is 15.3 Å². The molecule has 4 heteroatoms. The van der Waals surface area contributed by atoms with Crippen molar-refractivity contribution in [3.8, 4) is 0 Å². The Labute approximate surface area is 119 Å². The Bertz CT molecular complexity index is 533. The Balaban J connectivity index is 2.04. The summed E-state index contributed by atoms with van der Waals surface area (Å²) >= 11 is 1.80. The molecule has 0 saturated carbocycles. The average Bonchev–Trinajstić information content (AvgIpc) is 2.75. The lowest BCUT2D eigenvalue weighted by Crippen LogP contribution is -2.35. The maximum Gasteiger partial charge on any atom is 0.166 e. The second-order valence-corrected chi connectivity index (χ2v) is 6.29. The quantitative estimate of drug-likeness (QED) is 0.793. The maximum atomic E-state index is 4.62. The van der Waals surface area contributed by atoms with Crippen LogP contribution in [-0.4, -0.2) is 28.3 Å². The van der Waals surface area contributed by atoms with Crippen molar-refractivity contribution in [2.45, 2.75) is 38.9 Å². The average molecular weight is 277 g/mol. The number of hydrogen-bond acceptors (Lipinski definition) is 3. The Morgan fingerprint density at radius 1 is 1.37 bits per heavy atom. The number of hydrogen-bond donors (Lipinski definition) is 2. The first kappa shape index (κ1) is 14.4. The topological polar surface area (TPSA) is 40.7 Å². The van der Waals surface area contributed by atoms with E-state index >= 15 is 0 Å². The number of aromatic amines is 1. The zero-order valence-corrected chi connectivity index (χ0v) is 13.0. The summed E-state index contributed by atoms with van der Waals surface area (Å²) in [6, 6.07) is 6.86. The van der Waals surface area contributed by atoms with E-state index < -0.39 is 0 Å². The van der Waals surface area contributed by atoms with E-state index in [-0.39, 0.29) is 0 Å². The second-order valence-electron chi connectivity index (χ2n) is 5.28. The van der Waals surface area contributed by atoms with Crippen molar-refractivity contribution in [3.63, 3.8) is 0 Å². The summed E-state index contributed by atoms with van der Waals surface area (Å²) in [5, 5.41) is 4.55. The molecule has 104 valence electrons. The fraction of sp³-hybridized carbons (Fsp3) is 0.533. The van der Waals surface area contributed by atoms with Gasteiger partial charge < -0.3 is 10.3 Å². The number of aryl methyl sites for hydroxylation is 1. The number of fused-ring (bicyclic) bond motifs is 1. The van der Waals surface area contributed by atoms with E-state index in [0.717, 1.165) is 28.5 Å². The monoisotopic (exact) mass is 277 g/mol. The maximum absolute atomic E-state index is 4.62. The Kier molecular flexibility index (Phi) is 4.88. The lowest BCUT2D eigenvalue weighted by atomic mass is 10.1. The van der Waals surface area contributed by atoms with E-state index in [1.54, 1.807) is 11.8 Å². The minimum Gasteiger partial charge on any atom is -0.333 e. The van der Waals surface area contributed by atoms with Crippen LogP contribution in [0.25, 0.3) is 11.0 Å². The molecule has 2 aromatic rings. The lowest BCUT2D eigenvalue weighted by molar-refractivity contribution is 0.443. The SMILES string of the molecule is CCNC(CSc1nc2ccc(C)cc2[nH]1)C(C)C. The highest BCUT2D eigenvalue weighted by Crippen LogP contribution is 2.22. The van der Waals surface area contributed by atoms with Gasteiger partial charge in [0.2, 0.25) is 0 Å². The summed E-state index contributed by atoms with van der Waals surface area (Å²) < 4.78 is 0. The summed E-state index contributed by atoms with van der Waals surface area (Å²) in [6.45, 7) is 9.80. The largest absolute Gasteiger partial charge is 0.333 e. The minimum absolute atomic E-state index is 0.532. The third kappa shape index (κ3) is 3.74. The van der Waals surface area contributed by atoms with Crippen molar-refractivity contribution in [2.75, 3.05) is 12.3 Å². The number of thioether (sulfide) groups is 1. The van der Waals surface area contributed by atoms with Crippen LogP contribution >= 0.6 is 11.8 Å². The molecule has 1 aromatic heterocycles. The summed E-state index contributed by atoms with van der Waals surface area (Å²) in [5.74, 6) is 1.68. The van der Waals surface area contributed by atoms with Gasteiger partial charge in [-0.1, -0.05) is 38.6 Å². The van der Waals surface area contributed by atoms with Crippen LogP contribution in [0.2, 0.25) is 0 Å². The summed E-state index contributed by atoms with van der Waals surface area (Å²) in [6.07, 6.45) is 0. The predicted molar refractivity (Wildman–Crippen MR) is 83.9 cm³/mol. The first-order valence-electron chi connectivity index (χ1n) is 6.92. The molecule has 1 heterocycles. The fourth-order valence-corrected chi connectivity index (χ4v) is 3.27. The number of nitrogens with zero attached hydrogens (tertiary/aromatic N) is 1. The highest BCUT2D eigenvalue weighted by atomic mass is 32.2. The molecule has 3 nitrogen and oxygen atoms in total. The lowest BCUT2D eigenvalue weighted by Gasteiger charge is -2.20. The Hall–Kier alpha value is -1.00. The normalized spacial score (nSPS) is 13.3. The number of imidazole rings is 1. The van der Waals surface area contributed by atoms with Crippen molar-refractivity contribution in [1.29, 1.82) is 0 Å². The first-order chi connectivity index (χ1) is 9.10. The van der Waals surface area contributed by atoms with Crippen LogP contribution in [0.3, 0.4) is 0 Å². The number of rotatable bonds is 6. The summed E-state index contributed by atoms with van der Waals surface area (Å²) in [7, 11) is 0. The molecule has 0 saturated heterocycles. The van der Waals surface area contributed by atoms with Gasteiger partial charge in [-0.3, -0.25) is 0 Å². The molecule has 0 spiro atoms. The minimum atomic E-state index is 0.532. The van der Waals surface area contributed by atoms with Gasteiger partial charge in [0.1, 0.15) is 0 Å². The van der Waals surface area contributed by atoms with Gasteiger partial charge >= 0.3 is 0 Å². The molecule has 0 aliphatic rings. The molecule has 1 aromatic carbocycles. The van der Waals surface area contributed by atoms with E-state index in [1.165, 1.54) is 5.56 Å². The van der Waals surface area contributed by atoms with Crippen LogP contribution in [-0.2, 0) is 0 Å². The van der Waals surface area contributed by atoms with Crippen molar-refractivity contribution >= 4 is 22.8 Å². The molecule has 19 heavy (non-hydrogen) atoms.